The Balaban J connectivity index is 1.99. The number of hydrogen-bond donors (Lipinski definition) is 2. The molecule has 0 saturated carbocycles. The number of amides is 1. The van der Waals surface area contributed by atoms with E-state index in [1.165, 1.54) is 7.11 Å². The smallest absolute Gasteiger partial charge is 0.262 e. The van der Waals surface area contributed by atoms with Gasteiger partial charge in [-0.15, -0.1) is 0 Å². The monoisotopic (exact) mass is 284 g/mol. The van der Waals surface area contributed by atoms with Crippen LogP contribution in [0.1, 0.15) is 15.9 Å². The quantitative estimate of drug-likeness (QED) is 0.829. The van der Waals surface area contributed by atoms with Gasteiger partial charge >= 0.3 is 0 Å². The lowest BCUT2D eigenvalue weighted by Crippen LogP contribution is -2.28. The van der Waals surface area contributed by atoms with Gasteiger partial charge in [0, 0.05) is 17.9 Å². The molecule has 108 valence electrons. The number of rotatable bonds is 2. The van der Waals surface area contributed by atoms with E-state index < -0.39 is 0 Å². The Morgan fingerprint density at radius 1 is 1.33 bits per heavy atom. The van der Waals surface area contributed by atoms with E-state index in [1.807, 2.05) is 12.1 Å². The SMILES string of the molecule is COc1cccc(C(=O)N2CCc3cc(N)ccc32)c1O. The van der Waals surface area contributed by atoms with Crippen molar-refractivity contribution in [3.8, 4) is 11.5 Å². The molecule has 2 aromatic rings. The van der Waals surface area contributed by atoms with Crippen LogP contribution < -0.4 is 15.4 Å². The summed E-state index contributed by atoms with van der Waals surface area (Å²) < 4.78 is 5.05. The van der Waals surface area contributed by atoms with E-state index in [9.17, 15) is 9.90 Å². The first-order valence-corrected chi connectivity index (χ1v) is 6.68. The summed E-state index contributed by atoms with van der Waals surface area (Å²) in [5.41, 5.74) is 8.58. The minimum absolute atomic E-state index is 0.131. The zero-order valence-corrected chi connectivity index (χ0v) is 11.7. The van der Waals surface area contributed by atoms with Crippen LogP contribution >= 0.6 is 0 Å². The molecule has 0 aromatic heterocycles. The van der Waals surface area contributed by atoms with Crippen LogP contribution in [0, 0.1) is 0 Å². The molecule has 0 radical (unpaired) electrons. The molecule has 0 aliphatic carbocycles. The molecule has 5 heteroatoms. The van der Waals surface area contributed by atoms with Crippen LogP contribution in [0.2, 0.25) is 0 Å². The molecule has 5 nitrogen and oxygen atoms in total. The van der Waals surface area contributed by atoms with E-state index in [0.717, 1.165) is 17.7 Å². The van der Waals surface area contributed by atoms with E-state index >= 15 is 0 Å². The van der Waals surface area contributed by atoms with Gasteiger partial charge in [-0.25, -0.2) is 0 Å². The lowest BCUT2D eigenvalue weighted by atomic mass is 10.1. The number of phenols is 1. The van der Waals surface area contributed by atoms with Crippen molar-refractivity contribution in [1.82, 2.24) is 0 Å². The Bertz CT molecular complexity index is 713. The third kappa shape index (κ3) is 2.16. The predicted octanol–water partition coefficient (Wildman–Crippen LogP) is 2.19. The number of nitrogens with two attached hydrogens (primary N) is 1. The van der Waals surface area contributed by atoms with Crippen molar-refractivity contribution in [3.05, 3.63) is 47.5 Å². The van der Waals surface area contributed by atoms with Crippen molar-refractivity contribution in [3.63, 3.8) is 0 Å². The van der Waals surface area contributed by atoms with Gasteiger partial charge in [0.15, 0.2) is 11.5 Å². The minimum Gasteiger partial charge on any atom is -0.504 e. The van der Waals surface area contributed by atoms with Gasteiger partial charge in [-0.1, -0.05) is 6.07 Å². The van der Waals surface area contributed by atoms with Crippen LogP contribution in [-0.4, -0.2) is 24.7 Å². The number of hydrogen-bond acceptors (Lipinski definition) is 4. The van der Waals surface area contributed by atoms with Gasteiger partial charge in [-0.05, 0) is 42.3 Å². The topological polar surface area (TPSA) is 75.8 Å². The van der Waals surface area contributed by atoms with Gasteiger partial charge in [0.05, 0.1) is 12.7 Å². The molecule has 0 fully saturated rings. The summed E-state index contributed by atoms with van der Waals surface area (Å²) in [6.45, 7) is 0.578. The first-order chi connectivity index (χ1) is 10.1. The predicted molar refractivity (Wildman–Crippen MR) is 80.9 cm³/mol. The molecular weight excluding hydrogens is 268 g/mol. The maximum absolute atomic E-state index is 12.7. The van der Waals surface area contributed by atoms with Gasteiger partial charge in [0.2, 0.25) is 0 Å². The van der Waals surface area contributed by atoms with E-state index in [0.29, 0.717) is 12.2 Å². The highest BCUT2D eigenvalue weighted by atomic mass is 16.5. The molecule has 1 aliphatic heterocycles. The number of phenolic OH excluding ortho intramolecular Hbond substituents is 1. The lowest BCUT2D eigenvalue weighted by molar-refractivity contribution is 0.0986. The van der Waals surface area contributed by atoms with Crippen LogP contribution in [0.25, 0.3) is 0 Å². The maximum Gasteiger partial charge on any atom is 0.262 e. The number of carbonyl (C=O) groups is 1. The molecule has 1 heterocycles. The van der Waals surface area contributed by atoms with E-state index in [2.05, 4.69) is 0 Å². The summed E-state index contributed by atoms with van der Waals surface area (Å²) in [4.78, 5) is 14.3. The number of carbonyl (C=O) groups excluding carboxylic acids is 1. The zero-order valence-electron chi connectivity index (χ0n) is 11.7. The van der Waals surface area contributed by atoms with Gasteiger partial charge in [0.25, 0.3) is 5.91 Å². The Labute approximate surface area is 122 Å². The number of nitrogen functional groups attached to an aromatic ring is 1. The minimum atomic E-state index is -0.241. The fourth-order valence-electron chi connectivity index (χ4n) is 2.64. The molecule has 2 aromatic carbocycles. The van der Waals surface area contributed by atoms with Crippen molar-refractivity contribution in [2.75, 3.05) is 24.3 Å². The standard InChI is InChI=1S/C16H16N2O3/c1-21-14-4-2-3-12(15(14)19)16(20)18-8-7-10-9-11(17)5-6-13(10)18/h2-6,9,19H,7-8,17H2,1H3. The van der Waals surface area contributed by atoms with Gasteiger partial charge in [-0.2, -0.15) is 0 Å². The average molecular weight is 284 g/mol. The maximum atomic E-state index is 12.7. The molecule has 21 heavy (non-hydrogen) atoms. The molecule has 0 spiro atoms. The molecule has 0 bridgehead atoms. The first kappa shape index (κ1) is 13.3. The van der Waals surface area contributed by atoms with Crippen LogP contribution in [0.4, 0.5) is 11.4 Å². The van der Waals surface area contributed by atoms with E-state index in [1.54, 1.807) is 29.2 Å². The number of benzene rings is 2. The normalized spacial score (nSPS) is 13.1. The van der Waals surface area contributed by atoms with Crippen LogP contribution in [0.3, 0.4) is 0 Å². The molecule has 0 saturated heterocycles. The van der Waals surface area contributed by atoms with Crippen molar-refractivity contribution >= 4 is 17.3 Å². The van der Waals surface area contributed by atoms with Crippen molar-refractivity contribution in [2.24, 2.45) is 0 Å². The van der Waals surface area contributed by atoms with Crippen LogP contribution in [-0.2, 0) is 6.42 Å². The highest BCUT2D eigenvalue weighted by molar-refractivity contribution is 6.09. The van der Waals surface area contributed by atoms with Crippen molar-refractivity contribution < 1.29 is 14.6 Å². The molecule has 1 aliphatic rings. The molecule has 0 atom stereocenters. The fourth-order valence-corrected chi connectivity index (χ4v) is 2.64. The highest BCUT2D eigenvalue weighted by Gasteiger charge is 2.27. The average Bonchev–Trinajstić information content (AvgIpc) is 2.89. The molecule has 3 rings (SSSR count). The number of para-hydroxylation sites is 1. The summed E-state index contributed by atoms with van der Waals surface area (Å²) in [7, 11) is 1.46. The van der Waals surface area contributed by atoms with Gasteiger partial charge in [0.1, 0.15) is 0 Å². The van der Waals surface area contributed by atoms with E-state index in [-0.39, 0.29) is 23.0 Å². The number of anilines is 2. The number of methoxy groups -OCH3 is 1. The molecule has 3 N–H and O–H groups in total. The second kappa shape index (κ2) is 5.01. The number of fused-ring (bicyclic) bond motifs is 1. The second-order valence-electron chi connectivity index (χ2n) is 4.95. The molecule has 0 unspecified atom stereocenters. The molecular formula is C16H16N2O3. The number of ether oxygens (including phenoxy) is 1. The first-order valence-electron chi connectivity index (χ1n) is 6.68. The van der Waals surface area contributed by atoms with Crippen molar-refractivity contribution in [1.29, 1.82) is 0 Å². The summed E-state index contributed by atoms with van der Waals surface area (Å²) in [6, 6.07) is 10.4. The van der Waals surface area contributed by atoms with Crippen LogP contribution in [0.15, 0.2) is 36.4 Å². The lowest BCUT2D eigenvalue weighted by Gasteiger charge is -2.18. The van der Waals surface area contributed by atoms with Gasteiger partial charge < -0.3 is 20.5 Å². The van der Waals surface area contributed by atoms with E-state index in [4.69, 9.17) is 10.5 Å². The fraction of sp³-hybridized carbons (Fsp3) is 0.188. The zero-order chi connectivity index (χ0) is 15.0. The summed E-state index contributed by atoms with van der Waals surface area (Å²) in [5, 5.41) is 10.1. The summed E-state index contributed by atoms with van der Waals surface area (Å²) in [5.74, 6) is -0.0820. The highest BCUT2D eigenvalue weighted by Crippen LogP contribution is 2.35. The number of aromatic hydroxyl groups is 1. The second-order valence-corrected chi connectivity index (χ2v) is 4.95. The Morgan fingerprint density at radius 2 is 2.14 bits per heavy atom. The van der Waals surface area contributed by atoms with Gasteiger partial charge in [-0.3, -0.25) is 4.79 Å². The Kier molecular flexibility index (Phi) is 3.17. The molecule has 1 amide bonds. The third-order valence-corrected chi connectivity index (χ3v) is 3.69. The Hall–Kier alpha value is -2.69. The number of nitrogens with zero attached hydrogens (tertiary/aromatic N) is 1. The third-order valence-electron chi connectivity index (χ3n) is 3.69. The summed E-state index contributed by atoms with van der Waals surface area (Å²) in [6.07, 6.45) is 0.761. The largest absolute Gasteiger partial charge is 0.504 e. The summed E-state index contributed by atoms with van der Waals surface area (Å²) >= 11 is 0. The van der Waals surface area contributed by atoms with Crippen LogP contribution in [0.5, 0.6) is 11.5 Å². The van der Waals surface area contributed by atoms with Crippen molar-refractivity contribution in [2.45, 2.75) is 6.42 Å². The Morgan fingerprint density at radius 3 is 2.90 bits per heavy atom.